The summed E-state index contributed by atoms with van der Waals surface area (Å²) in [5.41, 5.74) is -0.103. The molecule has 1 atom stereocenters. The molecule has 1 aromatic rings. The van der Waals surface area contributed by atoms with E-state index in [-0.39, 0.29) is 17.5 Å². The van der Waals surface area contributed by atoms with Crippen molar-refractivity contribution in [3.8, 4) is 0 Å². The summed E-state index contributed by atoms with van der Waals surface area (Å²) < 4.78 is 18.9. The lowest BCUT2D eigenvalue weighted by Crippen LogP contribution is -2.34. The first-order valence-electron chi connectivity index (χ1n) is 9.20. The van der Waals surface area contributed by atoms with Crippen molar-refractivity contribution in [2.45, 2.75) is 53.2 Å². The maximum absolute atomic E-state index is 13.4. The molecule has 6 heteroatoms. The molecule has 1 aliphatic rings. The first-order chi connectivity index (χ1) is 12.5. The van der Waals surface area contributed by atoms with Crippen LogP contribution in [0.2, 0.25) is 0 Å². The molecule has 5 nitrogen and oxygen atoms in total. The number of amides is 1. The van der Waals surface area contributed by atoms with Crippen molar-refractivity contribution in [3.05, 3.63) is 47.0 Å². The number of ketones is 1. The van der Waals surface area contributed by atoms with Gasteiger partial charge in [-0.15, -0.1) is 0 Å². The van der Waals surface area contributed by atoms with E-state index in [0.717, 1.165) is 0 Å². The van der Waals surface area contributed by atoms with Crippen molar-refractivity contribution in [3.63, 3.8) is 0 Å². The highest BCUT2D eigenvalue weighted by Crippen LogP contribution is 2.40. The van der Waals surface area contributed by atoms with Crippen LogP contribution in [0.4, 0.5) is 4.39 Å². The summed E-state index contributed by atoms with van der Waals surface area (Å²) in [6.45, 7) is 9.84. The quantitative estimate of drug-likeness (QED) is 0.731. The van der Waals surface area contributed by atoms with Gasteiger partial charge in [-0.05, 0) is 38.0 Å². The molecule has 2 rings (SSSR count). The molecule has 1 N–H and O–H groups in total. The number of rotatable bonds is 7. The Morgan fingerprint density at radius 1 is 1.26 bits per heavy atom. The van der Waals surface area contributed by atoms with Crippen LogP contribution >= 0.6 is 0 Å². The van der Waals surface area contributed by atoms with Gasteiger partial charge in [-0.2, -0.15) is 0 Å². The van der Waals surface area contributed by atoms with Crippen molar-refractivity contribution in [2.24, 2.45) is 5.41 Å². The first kappa shape index (κ1) is 21.1. The predicted octanol–water partition coefficient (Wildman–Crippen LogP) is 3.95. The maximum Gasteiger partial charge on any atom is 0.290 e. The fourth-order valence-corrected chi connectivity index (χ4v) is 3.07. The maximum atomic E-state index is 13.4. The number of carbonyl (C=O) groups excluding carboxylic acids is 2. The Balaban J connectivity index is 2.37. The zero-order valence-electron chi connectivity index (χ0n) is 16.6. The van der Waals surface area contributed by atoms with Crippen LogP contribution in [0.3, 0.4) is 0 Å². The lowest BCUT2D eigenvalue weighted by molar-refractivity contribution is -0.129. The van der Waals surface area contributed by atoms with Crippen LogP contribution in [0.15, 0.2) is 35.6 Å². The second-order valence-electron chi connectivity index (χ2n) is 8.07. The minimum absolute atomic E-state index is 0.0730. The molecule has 1 amide bonds. The third-order valence-electron chi connectivity index (χ3n) is 4.41. The lowest BCUT2D eigenvalue weighted by atomic mass is 9.82. The minimum atomic E-state index is -0.765. The Morgan fingerprint density at radius 2 is 1.85 bits per heavy atom. The molecule has 1 unspecified atom stereocenters. The van der Waals surface area contributed by atoms with Crippen molar-refractivity contribution in [1.82, 2.24) is 4.90 Å². The number of carbonyl (C=O) groups is 2. The van der Waals surface area contributed by atoms with Gasteiger partial charge >= 0.3 is 0 Å². The molecule has 0 saturated heterocycles. The number of halogens is 1. The summed E-state index contributed by atoms with van der Waals surface area (Å²) in [5, 5.41) is 10.5. The normalized spacial score (nSPS) is 18.0. The summed E-state index contributed by atoms with van der Waals surface area (Å²) >= 11 is 0. The zero-order chi connectivity index (χ0) is 20.4. The lowest BCUT2D eigenvalue weighted by Gasteiger charge is -2.29. The molecule has 0 radical (unpaired) electrons. The van der Waals surface area contributed by atoms with E-state index in [0.29, 0.717) is 25.1 Å². The molecule has 0 fully saturated rings. The van der Waals surface area contributed by atoms with Gasteiger partial charge in [-0.1, -0.05) is 32.9 Å². The summed E-state index contributed by atoms with van der Waals surface area (Å²) in [6.07, 6.45) is 0.642. The number of benzene rings is 1. The van der Waals surface area contributed by atoms with Gasteiger partial charge in [-0.25, -0.2) is 4.39 Å². The van der Waals surface area contributed by atoms with Crippen LogP contribution < -0.4 is 0 Å². The van der Waals surface area contributed by atoms with Gasteiger partial charge in [0.15, 0.2) is 11.5 Å². The second kappa shape index (κ2) is 8.21. The summed E-state index contributed by atoms with van der Waals surface area (Å²) in [6, 6.07) is 4.92. The molecular formula is C21H28FNO4. The number of Topliss-reactive ketones (excluding diaryl/α,β-unsaturated/α-hetero) is 1. The molecule has 27 heavy (non-hydrogen) atoms. The van der Waals surface area contributed by atoms with Crippen LogP contribution in [-0.2, 0) is 14.3 Å². The van der Waals surface area contributed by atoms with Crippen molar-refractivity contribution >= 4 is 11.7 Å². The topological polar surface area (TPSA) is 66.8 Å². The molecule has 0 spiro atoms. The highest BCUT2D eigenvalue weighted by molar-refractivity contribution is 6.10. The third-order valence-corrected chi connectivity index (χ3v) is 4.41. The molecule has 0 saturated carbocycles. The fourth-order valence-electron chi connectivity index (χ4n) is 3.07. The van der Waals surface area contributed by atoms with E-state index >= 15 is 0 Å². The number of nitrogens with zero attached hydrogens (tertiary/aromatic N) is 1. The Hall–Kier alpha value is -2.21. The molecule has 148 valence electrons. The van der Waals surface area contributed by atoms with Gasteiger partial charge in [0, 0.05) is 18.6 Å². The Morgan fingerprint density at radius 3 is 2.37 bits per heavy atom. The average molecular weight is 377 g/mol. The van der Waals surface area contributed by atoms with Crippen LogP contribution in [-0.4, -0.2) is 41.0 Å². The molecule has 0 aliphatic carbocycles. The SMILES string of the molecule is CC(C)OCCCN1C(=O)C(O)=C(C(=O)C(C)(C)C)C1c1ccc(F)cc1. The molecular weight excluding hydrogens is 349 g/mol. The van der Waals surface area contributed by atoms with E-state index in [9.17, 15) is 19.1 Å². The number of ether oxygens (including phenoxy) is 1. The zero-order valence-corrected chi connectivity index (χ0v) is 16.6. The number of hydrogen-bond donors (Lipinski definition) is 1. The van der Waals surface area contributed by atoms with E-state index in [1.807, 2.05) is 13.8 Å². The van der Waals surface area contributed by atoms with E-state index in [1.54, 1.807) is 32.9 Å². The van der Waals surface area contributed by atoms with Gasteiger partial charge in [0.05, 0.1) is 17.7 Å². The number of aliphatic hydroxyl groups excluding tert-OH is 1. The summed E-state index contributed by atoms with van der Waals surface area (Å²) in [4.78, 5) is 27.1. The Kier molecular flexibility index (Phi) is 6.42. The smallest absolute Gasteiger partial charge is 0.290 e. The molecule has 1 aliphatic heterocycles. The largest absolute Gasteiger partial charge is 0.503 e. The van der Waals surface area contributed by atoms with Crippen LogP contribution in [0.1, 0.15) is 52.6 Å². The highest BCUT2D eigenvalue weighted by Gasteiger charge is 2.45. The van der Waals surface area contributed by atoms with Gasteiger partial charge in [0.25, 0.3) is 5.91 Å². The predicted molar refractivity (Wildman–Crippen MR) is 101 cm³/mol. The first-order valence-corrected chi connectivity index (χ1v) is 9.20. The fraction of sp³-hybridized carbons (Fsp3) is 0.524. The van der Waals surface area contributed by atoms with Crippen LogP contribution in [0.25, 0.3) is 0 Å². The van der Waals surface area contributed by atoms with Crippen LogP contribution in [0, 0.1) is 11.2 Å². The van der Waals surface area contributed by atoms with Gasteiger partial charge in [0.2, 0.25) is 0 Å². The summed E-state index contributed by atoms with van der Waals surface area (Å²) in [5.74, 6) is -1.81. The summed E-state index contributed by atoms with van der Waals surface area (Å²) in [7, 11) is 0. The van der Waals surface area contributed by atoms with Gasteiger partial charge < -0.3 is 14.7 Å². The molecule has 0 bridgehead atoms. The molecule has 1 heterocycles. The minimum Gasteiger partial charge on any atom is -0.503 e. The second-order valence-corrected chi connectivity index (χ2v) is 8.07. The number of aliphatic hydroxyl groups is 1. The Bertz CT molecular complexity index is 732. The van der Waals surface area contributed by atoms with Gasteiger partial charge in [-0.3, -0.25) is 9.59 Å². The Labute approximate surface area is 159 Å². The third kappa shape index (κ3) is 4.75. The monoisotopic (exact) mass is 377 g/mol. The van der Waals surface area contributed by atoms with E-state index in [1.165, 1.54) is 17.0 Å². The van der Waals surface area contributed by atoms with Crippen LogP contribution in [0.5, 0.6) is 0 Å². The molecule has 1 aromatic carbocycles. The van der Waals surface area contributed by atoms with Crippen molar-refractivity contribution < 1.29 is 23.8 Å². The average Bonchev–Trinajstić information content (AvgIpc) is 2.82. The molecule has 0 aromatic heterocycles. The standard InChI is InChI=1S/C21H28FNO4/c1-13(2)27-12-6-11-23-17(14-7-9-15(22)10-8-14)16(18(24)20(23)26)19(25)21(3,4)5/h7-10,13,17,24H,6,11-12H2,1-5H3. The van der Waals surface area contributed by atoms with Crippen molar-refractivity contribution in [2.75, 3.05) is 13.2 Å². The van der Waals surface area contributed by atoms with E-state index < -0.39 is 28.9 Å². The van der Waals surface area contributed by atoms with E-state index in [4.69, 9.17) is 4.74 Å². The van der Waals surface area contributed by atoms with Gasteiger partial charge in [0.1, 0.15) is 5.82 Å². The van der Waals surface area contributed by atoms with E-state index in [2.05, 4.69) is 0 Å². The van der Waals surface area contributed by atoms with Crippen molar-refractivity contribution in [1.29, 1.82) is 0 Å². The highest BCUT2D eigenvalue weighted by atomic mass is 19.1. The number of hydrogen-bond acceptors (Lipinski definition) is 4.